The minimum absolute atomic E-state index is 0.528. The Hall–Kier alpha value is -1.32. The van der Waals surface area contributed by atoms with Crippen molar-refractivity contribution in [1.29, 1.82) is 0 Å². The average molecular weight is 230 g/mol. The number of ketones is 1. The monoisotopic (exact) mass is 230 g/mol. The van der Waals surface area contributed by atoms with Crippen LogP contribution < -0.4 is 0 Å². The summed E-state index contributed by atoms with van der Waals surface area (Å²) >= 11 is 0. The predicted octanol–water partition coefficient (Wildman–Crippen LogP) is 3.56. The van der Waals surface area contributed by atoms with Crippen LogP contribution in [0.15, 0.2) is 30.3 Å². The van der Waals surface area contributed by atoms with E-state index in [4.69, 9.17) is 0 Å². The van der Waals surface area contributed by atoms with E-state index in [1.54, 1.807) is 30.3 Å². The van der Waals surface area contributed by atoms with E-state index in [2.05, 4.69) is 0 Å². The molecule has 0 aliphatic heterocycles. The maximum atomic E-state index is 12.7. The third-order valence-corrected chi connectivity index (χ3v) is 2.62. The fourth-order valence-corrected chi connectivity index (χ4v) is 1.82. The second kappa shape index (κ2) is 4.68. The van der Waals surface area contributed by atoms with Crippen molar-refractivity contribution in [3.8, 4) is 0 Å². The summed E-state index contributed by atoms with van der Waals surface area (Å²) in [4.78, 5) is 11.1. The van der Waals surface area contributed by atoms with Crippen LogP contribution in [0.4, 0.5) is 13.2 Å². The number of Topliss-reactive ketones (excluding diaryl/α,β-unsaturated/α-hetero) is 1. The molecule has 16 heavy (non-hydrogen) atoms. The molecule has 0 N–H and O–H groups in total. The van der Waals surface area contributed by atoms with Crippen LogP contribution >= 0.6 is 0 Å². The van der Waals surface area contributed by atoms with E-state index in [0.717, 1.165) is 6.92 Å². The highest BCUT2D eigenvalue weighted by atomic mass is 19.4. The number of carbonyl (C=O) groups is 1. The van der Waals surface area contributed by atoms with Crippen LogP contribution in [0.2, 0.25) is 0 Å². The Balaban J connectivity index is 3.02. The highest BCUT2D eigenvalue weighted by molar-refractivity contribution is 5.80. The van der Waals surface area contributed by atoms with Gasteiger partial charge >= 0.3 is 6.18 Å². The largest absolute Gasteiger partial charge is 0.399 e. The minimum Gasteiger partial charge on any atom is -0.299 e. The smallest absolute Gasteiger partial charge is 0.299 e. The molecular formula is C12H13F3O. The Morgan fingerprint density at radius 3 is 2.06 bits per heavy atom. The highest BCUT2D eigenvalue weighted by Gasteiger charge is 2.46. The van der Waals surface area contributed by atoms with Gasteiger partial charge in [-0.2, -0.15) is 13.2 Å². The van der Waals surface area contributed by atoms with Gasteiger partial charge in [-0.1, -0.05) is 37.3 Å². The lowest BCUT2D eigenvalue weighted by molar-refractivity contribution is -0.184. The molecule has 88 valence electrons. The van der Waals surface area contributed by atoms with Crippen LogP contribution in [0.5, 0.6) is 0 Å². The molecule has 0 saturated carbocycles. The summed E-state index contributed by atoms with van der Waals surface area (Å²) < 4.78 is 38.1. The second-order valence-electron chi connectivity index (χ2n) is 3.83. The van der Waals surface area contributed by atoms with Crippen LogP contribution in [-0.2, 0) is 4.79 Å². The summed E-state index contributed by atoms with van der Waals surface area (Å²) in [6, 6.07) is 8.27. The molecule has 0 aliphatic carbocycles. The summed E-state index contributed by atoms with van der Waals surface area (Å²) in [5, 5.41) is 0. The van der Waals surface area contributed by atoms with Gasteiger partial charge in [0.2, 0.25) is 0 Å². The molecule has 0 aromatic heterocycles. The van der Waals surface area contributed by atoms with Crippen molar-refractivity contribution in [1.82, 2.24) is 0 Å². The van der Waals surface area contributed by atoms with E-state index in [0.29, 0.717) is 5.56 Å². The molecule has 1 aromatic carbocycles. The molecule has 2 unspecified atom stereocenters. The molecule has 1 aromatic rings. The lowest BCUT2D eigenvalue weighted by atomic mass is 9.84. The second-order valence-corrected chi connectivity index (χ2v) is 3.83. The van der Waals surface area contributed by atoms with Gasteiger partial charge in [0, 0.05) is 0 Å². The van der Waals surface area contributed by atoms with Gasteiger partial charge in [0.15, 0.2) is 0 Å². The predicted molar refractivity (Wildman–Crippen MR) is 55.1 cm³/mol. The highest BCUT2D eigenvalue weighted by Crippen LogP contribution is 2.37. The normalized spacial score (nSPS) is 15.6. The first-order valence-electron chi connectivity index (χ1n) is 4.96. The van der Waals surface area contributed by atoms with Gasteiger partial charge in [-0.05, 0) is 18.4 Å². The zero-order chi connectivity index (χ0) is 12.3. The molecule has 0 saturated heterocycles. The fourth-order valence-electron chi connectivity index (χ4n) is 1.82. The summed E-state index contributed by atoms with van der Waals surface area (Å²) in [5.41, 5.74) is 0.528. The van der Waals surface area contributed by atoms with Crippen LogP contribution in [0, 0.1) is 5.92 Å². The number of alkyl halides is 3. The SMILES string of the molecule is CC(=O)C(C(C)c1ccccc1)C(F)(F)F. The zero-order valence-corrected chi connectivity index (χ0v) is 9.08. The van der Waals surface area contributed by atoms with Crippen molar-refractivity contribution < 1.29 is 18.0 Å². The lowest BCUT2D eigenvalue weighted by Gasteiger charge is -2.24. The first-order chi connectivity index (χ1) is 7.34. The van der Waals surface area contributed by atoms with E-state index in [-0.39, 0.29) is 0 Å². The minimum atomic E-state index is -4.49. The maximum Gasteiger partial charge on any atom is 0.399 e. The molecule has 0 bridgehead atoms. The van der Waals surface area contributed by atoms with Crippen molar-refractivity contribution in [2.75, 3.05) is 0 Å². The van der Waals surface area contributed by atoms with Gasteiger partial charge in [0.25, 0.3) is 0 Å². The molecular weight excluding hydrogens is 217 g/mol. The van der Waals surface area contributed by atoms with Gasteiger partial charge < -0.3 is 0 Å². The standard InChI is InChI=1S/C12H13F3O/c1-8(10-6-4-3-5-7-10)11(9(2)16)12(13,14)15/h3-8,11H,1-2H3. The topological polar surface area (TPSA) is 17.1 Å². The molecule has 0 spiro atoms. The number of rotatable bonds is 3. The van der Waals surface area contributed by atoms with Gasteiger partial charge in [0.1, 0.15) is 11.7 Å². The Morgan fingerprint density at radius 1 is 1.19 bits per heavy atom. The van der Waals surface area contributed by atoms with E-state index in [1.807, 2.05) is 0 Å². The zero-order valence-electron chi connectivity index (χ0n) is 9.08. The summed E-state index contributed by atoms with van der Waals surface area (Å²) in [6.45, 7) is 2.41. The van der Waals surface area contributed by atoms with Gasteiger partial charge in [-0.25, -0.2) is 0 Å². The molecule has 0 aliphatic rings. The number of halogens is 3. The van der Waals surface area contributed by atoms with Crippen molar-refractivity contribution in [2.45, 2.75) is 25.9 Å². The first kappa shape index (κ1) is 12.7. The Kier molecular flexibility index (Phi) is 3.73. The number of hydrogen-bond acceptors (Lipinski definition) is 1. The van der Waals surface area contributed by atoms with E-state index >= 15 is 0 Å². The van der Waals surface area contributed by atoms with Crippen molar-refractivity contribution >= 4 is 5.78 Å². The molecule has 0 amide bonds. The summed E-state index contributed by atoms with van der Waals surface area (Å²) in [5.74, 6) is -3.61. The molecule has 1 nitrogen and oxygen atoms in total. The number of carbonyl (C=O) groups excluding carboxylic acids is 1. The average Bonchev–Trinajstić information content (AvgIpc) is 2.16. The summed E-state index contributed by atoms with van der Waals surface area (Å²) in [7, 11) is 0. The van der Waals surface area contributed by atoms with Crippen molar-refractivity contribution in [3.05, 3.63) is 35.9 Å². The van der Waals surface area contributed by atoms with E-state index in [9.17, 15) is 18.0 Å². The van der Waals surface area contributed by atoms with Crippen LogP contribution in [0.25, 0.3) is 0 Å². The molecule has 0 heterocycles. The maximum absolute atomic E-state index is 12.7. The van der Waals surface area contributed by atoms with Crippen LogP contribution in [-0.4, -0.2) is 12.0 Å². The first-order valence-corrected chi connectivity index (χ1v) is 4.96. The van der Waals surface area contributed by atoms with E-state index < -0.39 is 23.8 Å². The molecule has 0 radical (unpaired) electrons. The molecule has 0 fully saturated rings. The van der Waals surface area contributed by atoms with Crippen LogP contribution in [0.3, 0.4) is 0 Å². The lowest BCUT2D eigenvalue weighted by Crippen LogP contribution is -2.33. The third kappa shape index (κ3) is 2.84. The molecule has 2 atom stereocenters. The van der Waals surface area contributed by atoms with Gasteiger partial charge in [0.05, 0.1) is 0 Å². The van der Waals surface area contributed by atoms with Crippen molar-refractivity contribution in [3.63, 3.8) is 0 Å². The van der Waals surface area contributed by atoms with Crippen LogP contribution in [0.1, 0.15) is 25.3 Å². The Morgan fingerprint density at radius 2 is 1.69 bits per heavy atom. The summed E-state index contributed by atoms with van der Waals surface area (Å²) in [6.07, 6.45) is -4.49. The van der Waals surface area contributed by atoms with Gasteiger partial charge in [-0.15, -0.1) is 0 Å². The Bertz CT molecular complexity index is 356. The molecule has 1 rings (SSSR count). The van der Waals surface area contributed by atoms with Gasteiger partial charge in [-0.3, -0.25) is 4.79 Å². The third-order valence-electron chi connectivity index (χ3n) is 2.62. The number of benzene rings is 1. The fraction of sp³-hybridized carbons (Fsp3) is 0.417. The quantitative estimate of drug-likeness (QED) is 0.776. The Labute approximate surface area is 92.3 Å². The van der Waals surface area contributed by atoms with E-state index in [1.165, 1.54) is 6.92 Å². The van der Waals surface area contributed by atoms with Crippen molar-refractivity contribution in [2.24, 2.45) is 5.92 Å². The number of hydrogen-bond donors (Lipinski definition) is 0. The molecule has 4 heteroatoms.